The summed E-state index contributed by atoms with van der Waals surface area (Å²) in [5.41, 5.74) is 1.58. The van der Waals surface area contributed by atoms with E-state index in [1.165, 1.54) is 47.4 Å². The van der Waals surface area contributed by atoms with Crippen LogP contribution < -0.4 is 9.62 Å². The molecule has 1 atom stereocenters. The molecule has 0 spiro atoms. The Morgan fingerprint density at radius 3 is 2.07 bits per heavy atom. The van der Waals surface area contributed by atoms with Crippen LogP contribution in [0.2, 0.25) is 5.02 Å². The number of nitrogens with one attached hydrogen (secondary N) is 1. The molecule has 0 aromatic heterocycles. The number of nitrogens with zero attached hydrogens (tertiary/aromatic N) is 2. The van der Waals surface area contributed by atoms with Crippen LogP contribution in [0.15, 0.2) is 114 Å². The molecule has 0 saturated heterocycles. The first-order chi connectivity index (χ1) is 20.5. The fourth-order valence-corrected chi connectivity index (χ4v) is 6.21. The molecule has 10 heteroatoms. The molecule has 4 rings (SSSR count). The van der Waals surface area contributed by atoms with Crippen LogP contribution >= 0.6 is 11.6 Å². The topological polar surface area (TPSA) is 86.8 Å². The first-order valence-corrected chi connectivity index (χ1v) is 15.6. The Balaban J connectivity index is 1.80. The molecule has 4 aromatic carbocycles. The van der Waals surface area contributed by atoms with E-state index in [0.29, 0.717) is 10.6 Å². The Hall–Kier alpha value is -4.21. The second-order valence-corrected chi connectivity index (χ2v) is 12.6. The van der Waals surface area contributed by atoms with Gasteiger partial charge < -0.3 is 10.2 Å². The van der Waals surface area contributed by atoms with Crippen molar-refractivity contribution in [2.24, 2.45) is 0 Å². The zero-order chi connectivity index (χ0) is 31.0. The minimum absolute atomic E-state index is 0.00811. The summed E-state index contributed by atoms with van der Waals surface area (Å²) in [6.07, 6.45) is 0.176. The van der Waals surface area contributed by atoms with E-state index in [9.17, 15) is 22.4 Å². The molecule has 7 nitrogen and oxygen atoms in total. The lowest BCUT2D eigenvalue weighted by atomic mass is 10.0. The van der Waals surface area contributed by atoms with Gasteiger partial charge >= 0.3 is 0 Å². The largest absolute Gasteiger partial charge is 0.352 e. The smallest absolute Gasteiger partial charge is 0.264 e. The van der Waals surface area contributed by atoms with E-state index in [1.54, 1.807) is 36.4 Å². The summed E-state index contributed by atoms with van der Waals surface area (Å²) in [5, 5.41) is 3.19. The molecule has 0 bridgehead atoms. The number of sulfonamides is 1. The third-order valence-corrected chi connectivity index (χ3v) is 8.70. The second kappa shape index (κ2) is 14.3. The van der Waals surface area contributed by atoms with Gasteiger partial charge in [0.25, 0.3) is 10.0 Å². The van der Waals surface area contributed by atoms with Crippen LogP contribution in [0.4, 0.5) is 10.1 Å². The molecule has 0 aliphatic rings. The molecule has 0 radical (unpaired) electrons. The van der Waals surface area contributed by atoms with Gasteiger partial charge in [0.1, 0.15) is 18.4 Å². The molecule has 4 aromatic rings. The molecular weight excluding hydrogens is 589 g/mol. The molecule has 224 valence electrons. The fourth-order valence-electron chi connectivity index (χ4n) is 4.60. The number of amides is 2. The highest BCUT2D eigenvalue weighted by atomic mass is 35.5. The molecule has 43 heavy (non-hydrogen) atoms. The average Bonchev–Trinajstić information content (AvgIpc) is 2.99. The normalized spacial score (nSPS) is 12.0. The monoisotopic (exact) mass is 621 g/mol. The van der Waals surface area contributed by atoms with E-state index in [-0.39, 0.29) is 29.6 Å². The zero-order valence-electron chi connectivity index (χ0n) is 23.9. The van der Waals surface area contributed by atoms with Crippen molar-refractivity contribution in [3.8, 4) is 0 Å². The maximum atomic E-state index is 14.3. The van der Waals surface area contributed by atoms with Gasteiger partial charge in [0.15, 0.2) is 0 Å². The van der Waals surface area contributed by atoms with Crippen molar-refractivity contribution in [2.75, 3.05) is 10.8 Å². The zero-order valence-corrected chi connectivity index (χ0v) is 25.4. The highest BCUT2D eigenvalue weighted by Crippen LogP contribution is 2.27. The van der Waals surface area contributed by atoms with E-state index in [1.807, 2.05) is 44.2 Å². The quantitative estimate of drug-likeness (QED) is 0.215. The average molecular weight is 622 g/mol. The molecular formula is C33H33ClFN3O4S. The van der Waals surface area contributed by atoms with Gasteiger partial charge in [-0.05, 0) is 67.4 Å². The van der Waals surface area contributed by atoms with E-state index >= 15 is 0 Å². The summed E-state index contributed by atoms with van der Waals surface area (Å²) in [5.74, 6) is -1.46. The molecule has 2 amide bonds. The van der Waals surface area contributed by atoms with Crippen LogP contribution in [0.25, 0.3) is 0 Å². The predicted molar refractivity (Wildman–Crippen MR) is 167 cm³/mol. The summed E-state index contributed by atoms with van der Waals surface area (Å²) >= 11 is 6.23. The number of anilines is 1. The Kier molecular flexibility index (Phi) is 10.6. The van der Waals surface area contributed by atoms with Crippen molar-refractivity contribution in [3.63, 3.8) is 0 Å². The third-order valence-electron chi connectivity index (χ3n) is 6.67. The number of benzene rings is 4. The number of carbonyl (C=O) groups excluding carboxylic acids is 2. The van der Waals surface area contributed by atoms with Crippen LogP contribution in [0.1, 0.15) is 25.0 Å². The van der Waals surface area contributed by atoms with E-state index in [2.05, 4.69) is 5.32 Å². The van der Waals surface area contributed by atoms with Gasteiger partial charge in [-0.1, -0.05) is 78.3 Å². The van der Waals surface area contributed by atoms with E-state index < -0.39 is 40.2 Å². The number of carbonyl (C=O) groups is 2. The lowest BCUT2D eigenvalue weighted by Gasteiger charge is -2.34. The Morgan fingerprint density at radius 2 is 1.47 bits per heavy atom. The lowest BCUT2D eigenvalue weighted by molar-refractivity contribution is -0.140. The highest BCUT2D eigenvalue weighted by molar-refractivity contribution is 7.92. The van der Waals surface area contributed by atoms with Crippen molar-refractivity contribution < 1.29 is 22.4 Å². The first-order valence-electron chi connectivity index (χ1n) is 13.8. The van der Waals surface area contributed by atoms with Gasteiger partial charge in [0.2, 0.25) is 11.8 Å². The minimum atomic E-state index is -4.22. The van der Waals surface area contributed by atoms with Crippen molar-refractivity contribution in [1.82, 2.24) is 10.2 Å². The number of rotatable bonds is 12. The van der Waals surface area contributed by atoms with Crippen molar-refractivity contribution in [2.45, 2.75) is 43.8 Å². The summed E-state index contributed by atoms with van der Waals surface area (Å²) < 4.78 is 42.6. The van der Waals surface area contributed by atoms with E-state index in [0.717, 1.165) is 9.87 Å². The maximum Gasteiger partial charge on any atom is 0.264 e. The molecule has 0 unspecified atom stereocenters. The Morgan fingerprint density at radius 1 is 0.837 bits per heavy atom. The third kappa shape index (κ3) is 8.43. The summed E-state index contributed by atoms with van der Waals surface area (Å²) in [4.78, 5) is 29.3. The highest BCUT2D eigenvalue weighted by Gasteiger charge is 2.34. The van der Waals surface area contributed by atoms with Gasteiger partial charge in [0.05, 0.1) is 10.6 Å². The molecule has 0 heterocycles. The van der Waals surface area contributed by atoms with Gasteiger partial charge in [-0.2, -0.15) is 0 Å². The van der Waals surface area contributed by atoms with E-state index in [4.69, 9.17) is 11.6 Å². The molecule has 0 aliphatic carbocycles. The molecule has 0 aliphatic heterocycles. The lowest BCUT2D eigenvalue weighted by Crippen LogP contribution is -2.54. The number of hydrogen-bond donors (Lipinski definition) is 1. The van der Waals surface area contributed by atoms with Gasteiger partial charge in [0, 0.05) is 24.0 Å². The molecule has 0 fully saturated rings. The summed E-state index contributed by atoms with van der Waals surface area (Å²) in [7, 11) is -4.22. The summed E-state index contributed by atoms with van der Waals surface area (Å²) in [6, 6.07) is 27.6. The van der Waals surface area contributed by atoms with Gasteiger partial charge in [-0.25, -0.2) is 12.8 Å². The Bertz CT molecular complexity index is 1640. The van der Waals surface area contributed by atoms with Gasteiger partial charge in [-0.15, -0.1) is 0 Å². The van der Waals surface area contributed by atoms with Crippen molar-refractivity contribution in [3.05, 3.63) is 131 Å². The molecule has 1 N–H and O–H groups in total. The number of hydrogen-bond acceptors (Lipinski definition) is 4. The Labute approximate surface area is 257 Å². The standard InChI is InChI=1S/C33H33ClFN3O4S/c1-24(2)36-33(40)31(20-25-10-5-3-6-11-25)37(22-26-16-18-28(35)19-17-26)32(39)23-38(29-13-9-12-27(34)21-29)43(41,42)30-14-7-4-8-15-30/h3-19,21,24,31H,20,22-23H2,1-2H3,(H,36,40)/t31-/m0/s1. The van der Waals surface area contributed by atoms with Crippen LogP contribution in [-0.4, -0.2) is 43.8 Å². The SMILES string of the molecule is CC(C)NC(=O)[C@H](Cc1ccccc1)N(Cc1ccc(F)cc1)C(=O)CN(c1cccc(Cl)c1)S(=O)(=O)c1ccccc1. The summed E-state index contributed by atoms with van der Waals surface area (Å²) in [6.45, 7) is 2.96. The maximum absolute atomic E-state index is 14.3. The minimum Gasteiger partial charge on any atom is -0.352 e. The van der Waals surface area contributed by atoms with Crippen LogP contribution in [-0.2, 0) is 32.6 Å². The van der Waals surface area contributed by atoms with Crippen LogP contribution in [0.5, 0.6) is 0 Å². The van der Waals surface area contributed by atoms with Gasteiger partial charge in [-0.3, -0.25) is 13.9 Å². The van der Waals surface area contributed by atoms with Crippen LogP contribution in [0, 0.1) is 5.82 Å². The second-order valence-electron chi connectivity index (χ2n) is 10.3. The fraction of sp³-hybridized carbons (Fsp3) is 0.212. The molecule has 0 saturated carbocycles. The predicted octanol–water partition coefficient (Wildman–Crippen LogP) is 5.84. The van der Waals surface area contributed by atoms with Crippen molar-refractivity contribution >= 4 is 39.1 Å². The van der Waals surface area contributed by atoms with Crippen LogP contribution in [0.3, 0.4) is 0 Å². The number of halogens is 2. The van der Waals surface area contributed by atoms with Crippen molar-refractivity contribution in [1.29, 1.82) is 0 Å². The first kappa shape index (κ1) is 31.7.